The lowest BCUT2D eigenvalue weighted by molar-refractivity contribution is -0.165. The Bertz CT molecular complexity index is 504. The summed E-state index contributed by atoms with van der Waals surface area (Å²) in [6.07, 6.45) is 10.8. The first-order valence-electron chi connectivity index (χ1n) is 8.34. The van der Waals surface area contributed by atoms with Crippen LogP contribution in [0.25, 0.3) is 0 Å². The predicted octanol–water partition coefficient (Wildman–Crippen LogP) is 4.24. The number of hydrogen-bond donors (Lipinski definition) is 0. The smallest absolute Gasteiger partial charge is 0.314 e. The highest BCUT2D eigenvalue weighted by atomic mass is 16.6. The third kappa shape index (κ3) is 1.21. The number of carbonyl (C=O) groups is 1. The Morgan fingerprint density at radius 2 is 2.05 bits per heavy atom. The van der Waals surface area contributed by atoms with Crippen LogP contribution in [-0.2, 0) is 9.53 Å². The van der Waals surface area contributed by atoms with E-state index in [4.69, 9.17) is 4.74 Å². The molecule has 2 bridgehead atoms. The molecule has 110 valence electrons. The standard InChI is InChI=1S/C18H26O2/c1-16(2)13-9-10-18(11-13)14(12-7-5-4-6-8-12)15(19)20-17(16,18)3/h7,13-14H,4-6,8-11H2,1-3H3/t13-,14+,17+,18+/m1/s1. The van der Waals surface area contributed by atoms with Gasteiger partial charge in [-0.2, -0.15) is 0 Å². The first-order valence-corrected chi connectivity index (χ1v) is 8.34. The van der Waals surface area contributed by atoms with Crippen LogP contribution in [0.15, 0.2) is 11.6 Å². The van der Waals surface area contributed by atoms with Crippen LogP contribution in [0.5, 0.6) is 0 Å². The zero-order valence-corrected chi connectivity index (χ0v) is 13.0. The Morgan fingerprint density at radius 1 is 1.25 bits per heavy atom. The van der Waals surface area contributed by atoms with E-state index in [1.54, 1.807) is 0 Å². The maximum atomic E-state index is 12.7. The van der Waals surface area contributed by atoms with Crippen molar-refractivity contribution in [1.29, 1.82) is 0 Å². The van der Waals surface area contributed by atoms with E-state index in [-0.39, 0.29) is 28.3 Å². The van der Waals surface area contributed by atoms with Crippen molar-refractivity contribution in [3.05, 3.63) is 11.6 Å². The molecule has 0 N–H and O–H groups in total. The van der Waals surface area contributed by atoms with Gasteiger partial charge in [-0.25, -0.2) is 0 Å². The highest BCUT2D eigenvalue weighted by molar-refractivity contribution is 5.81. The molecule has 1 saturated heterocycles. The number of hydrogen-bond acceptors (Lipinski definition) is 2. The van der Waals surface area contributed by atoms with Gasteiger partial charge in [-0.1, -0.05) is 25.5 Å². The number of esters is 1. The lowest BCUT2D eigenvalue weighted by Crippen LogP contribution is -2.52. The van der Waals surface area contributed by atoms with Gasteiger partial charge in [0.15, 0.2) is 0 Å². The summed E-state index contributed by atoms with van der Waals surface area (Å²) < 4.78 is 6.10. The van der Waals surface area contributed by atoms with E-state index in [0.717, 1.165) is 18.8 Å². The van der Waals surface area contributed by atoms with E-state index in [2.05, 4.69) is 26.8 Å². The Kier molecular flexibility index (Phi) is 2.39. The highest BCUT2D eigenvalue weighted by Gasteiger charge is 2.78. The van der Waals surface area contributed by atoms with Crippen molar-refractivity contribution >= 4 is 5.97 Å². The topological polar surface area (TPSA) is 26.3 Å². The van der Waals surface area contributed by atoms with Gasteiger partial charge in [0.2, 0.25) is 0 Å². The molecule has 0 aromatic rings. The second kappa shape index (κ2) is 3.69. The molecule has 1 heterocycles. The van der Waals surface area contributed by atoms with Gasteiger partial charge in [0.1, 0.15) is 5.60 Å². The predicted molar refractivity (Wildman–Crippen MR) is 78.1 cm³/mol. The van der Waals surface area contributed by atoms with E-state index in [1.165, 1.54) is 37.7 Å². The normalized spacial score (nSPS) is 49.0. The van der Waals surface area contributed by atoms with E-state index >= 15 is 0 Å². The molecule has 0 unspecified atom stereocenters. The van der Waals surface area contributed by atoms with Crippen LogP contribution in [-0.4, -0.2) is 11.6 Å². The average molecular weight is 274 g/mol. The number of fused-ring (bicyclic) bond motifs is 1. The van der Waals surface area contributed by atoms with Crippen LogP contribution in [0.4, 0.5) is 0 Å². The number of carbonyl (C=O) groups excluding carboxylic acids is 1. The van der Waals surface area contributed by atoms with E-state index in [1.807, 2.05) is 0 Å². The first kappa shape index (κ1) is 12.9. The van der Waals surface area contributed by atoms with Gasteiger partial charge in [-0.05, 0) is 57.8 Å². The summed E-state index contributed by atoms with van der Waals surface area (Å²) in [5, 5.41) is 0. The van der Waals surface area contributed by atoms with Gasteiger partial charge in [0.05, 0.1) is 5.92 Å². The molecular formula is C18H26O2. The molecule has 2 heteroatoms. The largest absolute Gasteiger partial charge is 0.458 e. The molecule has 1 spiro atoms. The third-order valence-electron chi connectivity index (χ3n) is 7.54. The zero-order valence-electron chi connectivity index (χ0n) is 13.0. The van der Waals surface area contributed by atoms with Crippen LogP contribution in [0, 0.1) is 22.7 Å². The van der Waals surface area contributed by atoms with E-state index in [0.29, 0.717) is 0 Å². The Morgan fingerprint density at radius 3 is 2.75 bits per heavy atom. The van der Waals surface area contributed by atoms with E-state index in [9.17, 15) is 4.79 Å². The second-order valence-corrected chi connectivity index (χ2v) is 8.23. The Hall–Kier alpha value is -0.790. The summed E-state index contributed by atoms with van der Waals surface area (Å²) in [4.78, 5) is 12.7. The van der Waals surface area contributed by atoms with Gasteiger partial charge in [-0.3, -0.25) is 4.79 Å². The Balaban J connectivity index is 1.83. The van der Waals surface area contributed by atoms with Crippen LogP contribution in [0.2, 0.25) is 0 Å². The van der Waals surface area contributed by atoms with Gasteiger partial charge >= 0.3 is 5.97 Å². The monoisotopic (exact) mass is 274 g/mol. The van der Waals surface area contributed by atoms with Gasteiger partial charge in [-0.15, -0.1) is 0 Å². The first-order chi connectivity index (χ1) is 9.42. The maximum Gasteiger partial charge on any atom is 0.314 e. The van der Waals surface area contributed by atoms with Crippen molar-refractivity contribution in [1.82, 2.24) is 0 Å². The van der Waals surface area contributed by atoms with Crippen LogP contribution < -0.4 is 0 Å². The number of ether oxygens (including phenoxy) is 1. The van der Waals surface area contributed by atoms with Crippen LogP contribution >= 0.6 is 0 Å². The third-order valence-corrected chi connectivity index (χ3v) is 7.54. The van der Waals surface area contributed by atoms with Gasteiger partial charge in [0, 0.05) is 10.8 Å². The Labute approximate surface area is 122 Å². The maximum absolute atomic E-state index is 12.7. The summed E-state index contributed by atoms with van der Waals surface area (Å²) >= 11 is 0. The highest BCUT2D eigenvalue weighted by Crippen LogP contribution is 2.75. The lowest BCUT2D eigenvalue weighted by Gasteiger charge is -2.48. The molecule has 0 aromatic carbocycles. The fraction of sp³-hybridized carbons (Fsp3) is 0.833. The summed E-state index contributed by atoms with van der Waals surface area (Å²) in [6, 6.07) is 0. The van der Waals surface area contributed by atoms with Crippen molar-refractivity contribution in [3.8, 4) is 0 Å². The van der Waals surface area contributed by atoms with Crippen molar-refractivity contribution in [2.24, 2.45) is 22.7 Å². The second-order valence-electron chi connectivity index (χ2n) is 8.23. The molecule has 4 aliphatic rings. The molecule has 4 rings (SSSR count). The summed E-state index contributed by atoms with van der Waals surface area (Å²) in [5.74, 6) is 0.876. The average Bonchev–Trinajstić information content (AvgIpc) is 2.98. The quantitative estimate of drug-likeness (QED) is 0.528. The van der Waals surface area contributed by atoms with Crippen LogP contribution in [0.3, 0.4) is 0 Å². The molecule has 2 nitrogen and oxygen atoms in total. The summed E-state index contributed by atoms with van der Waals surface area (Å²) in [5.41, 5.74) is 1.39. The number of rotatable bonds is 1. The fourth-order valence-corrected chi connectivity index (χ4v) is 6.04. The summed E-state index contributed by atoms with van der Waals surface area (Å²) in [6.45, 7) is 6.88. The molecule has 0 amide bonds. The molecule has 3 aliphatic carbocycles. The molecule has 0 aromatic heterocycles. The molecule has 3 fully saturated rings. The molecule has 2 saturated carbocycles. The molecule has 4 atom stereocenters. The molecule has 20 heavy (non-hydrogen) atoms. The zero-order chi connectivity index (χ0) is 14.2. The summed E-state index contributed by atoms with van der Waals surface area (Å²) in [7, 11) is 0. The minimum absolute atomic E-state index is 0.0691. The van der Waals surface area contributed by atoms with Crippen molar-refractivity contribution in [3.63, 3.8) is 0 Å². The fourth-order valence-electron chi connectivity index (χ4n) is 6.04. The molecule has 1 aliphatic heterocycles. The van der Waals surface area contributed by atoms with Crippen LogP contribution in [0.1, 0.15) is 65.7 Å². The van der Waals surface area contributed by atoms with Crippen molar-refractivity contribution in [2.75, 3.05) is 0 Å². The minimum Gasteiger partial charge on any atom is -0.458 e. The SMILES string of the molecule is CC1(C)[C@@H]2CC[C@]3(C2)[C@@H](C2=CCCCC2)C(=O)O[C@@]13C. The van der Waals surface area contributed by atoms with Crippen molar-refractivity contribution < 1.29 is 9.53 Å². The lowest BCUT2D eigenvalue weighted by atomic mass is 9.57. The number of allylic oxidation sites excluding steroid dienone is 1. The molecule has 0 radical (unpaired) electrons. The van der Waals surface area contributed by atoms with Gasteiger partial charge in [0.25, 0.3) is 0 Å². The minimum atomic E-state index is -0.247. The van der Waals surface area contributed by atoms with Gasteiger partial charge < -0.3 is 4.74 Å². The van der Waals surface area contributed by atoms with Crippen molar-refractivity contribution in [2.45, 2.75) is 71.3 Å². The molecular weight excluding hydrogens is 248 g/mol. The van der Waals surface area contributed by atoms with E-state index < -0.39 is 0 Å².